The molecular weight excluding hydrogens is 238 g/mol. The molecule has 0 atom stereocenters. The van der Waals surface area contributed by atoms with E-state index in [2.05, 4.69) is 10.3 Å². The molecule has 1 heterocycles. The number of aromatic nitrogens is 1. The number of nitro benzene ring substituents is 1. The highest BCUT2D eigenvalue weighted by Crippen LogP contribution is 2.33. The lowest BCUT2D eigenvalue weighted by Crippen LogP contribution is -1.95. The monoisotopic (exact) mass is 251 g/mol. The van der Waals surface area contributed by atoms with Gasteiger partial charge in [-0.3, -0.25) is 10.1 Å². The van der Waals surface area contributed by atoms with Crippen LogP contribution in [0.4, 0.5) is 10.8 Å². The van der Waals surface area contributed by atoms with E-state index in [-0.39, 0.29) is 10.6 Å². The van der Waals surface area contributed by atoms with Gasteiger partial charge in [0.2, 0.25) is 0 Å². The zero-order valence-electron chi connectivity index (χ0n) is 9.69. The van der Waals surface area contributed by atoms with Crippen molar-refractivity contribution in [1.29, 1.82) is 0 Å². The summed E-state index contributed by atoms with van der Waals surface area (Å²) in [5.74, 6) is 0. The van der Waals surface area contributed by atoms with Gasteiger partial charge in [-0.25, -0.2) is 4.98 Å². The van der Waals surface area contributed by atoms with E-state index in [1.165, 1.54) is 11.3 Å². The third kappa shape index (κ3) is 2.21. The van der Waals surface area contributed by atoms with Crippen molar-refractivity contribution >= 4 is 32.4 Å². The second-order valence-electron chi connectivity index (χ2n) is 3.62. The fourth-order valence-electron chi connectivity index (χ4n) is 1.64. The van der Waals surface area contributed by atoms with Crippen molar-refractivity contribution in [3.05, 3.63) is 27.8 Å². The summed E-state index contributed by atoms with van der Waals surface area (Å²) < 4.78 is 0.868. The second-order valence-corrected chi connectivity index (χ2v) is 4.65. The number of hydrogen-bond donors (Lipinski definition) is 1. The molecule has 90 valence electrons. The Morgan fingerprint density at radius 2 is 2.24 bits per heavy atom. The minimum Gasteiger partial charge on any atom is -0.362 e. The normalized spacial score (nSPS) is 10.7. The minimum absolute atomic E-state index is 0.0970. The first-order chi connectivity index (χ1) is 8.15. The van der Waals surface area contributed by atoms with E-state index in [1.807, 2.05) is 19.9 Å². The third-order valence-electron chi connectivity index (χ3n) is 2.47. The predicted molar refractivity (Wildman–Crippen MR) is 69.8 cm³/mol. The first-order valence-corrected chi connectivity index (χ1v) is 6.29. The summed E-state index contributed by atoms with van der Waals surface area (Å²) in [7, 11) is 0. The van der Waals surface area contributed by atoms with Crippen LogP contribution in [-0.2, 0) is 6.42 Å². The third-order valence-corrected chi connectivity index (χ3v) is 3.43. The predicted octanol–water partition coefficient (Wildman–Crippen LogP) is 3.20. The van der Waals surface area contributed by atoms with E-state index >= 15 is 0 Å². The van der Waals surface area contributed by atoms with Crippen molar-refractivity contribution in [1.82, 2.24) is 4.98 Å². The quantitative estimate of drug-likeness (QED) is 0.669. The van der Waals surface area contributed by atoms with Crippen LogP contribution in [0.3, 0.4) is 0 Å². The number of nitrogens with one attached hydrogen (secondary N) is 1. The fraction of sp³-hybridized carbons (Fsp3) is 0.364. The van der Waals surface area contributed by atoms with Crippen LogP contribution in [0.25, 0.3) is 10.2 Å². The molecule has 0 bridgehead atoms. The Morgan fingerprint density at radius 3 is 2.82 bits per heavy atom. The number of anilines is 1. The van der Waals surface area contributed by atoms with Gasteiger partial charge < -0.3 is 5.32 Å². The topological polar surface area (TPSA) is 68.1 Å². The van der Waals surface area contributed by atoms with Crippen molar-refractivity contribution in [2.24, 2.45) is 0 Å². The molecule has 1 aromatic carbocycles. The van der Waals surface area contributed by atoms with Gasteiger partial charge >= 0.3 is 0 Å². The molecule has 0 saturated heterocycles. The number of rotatable bonds is 4. The average Bonchev–Trinajstić information content (AvgIpc) is 2.69. The molecule has 0 saturated carbocycles. The van der Waals surface area contributed by atoms with Gasteiger partial charge in [0, 0.05) is 12.6 Å². The van der Waals surface area contributed by atoms with Gasteiger partial charge in [0.15, 0.2) is 10.6 Å². The Labute approximate surface area is 103 Å². The molecule has 0 aliphatic heterocycles. The number of thiazole rings is 1. The van der Waals surface area contributed by atoms with Crippen LogP contribution in [0.2, 0.25) is 0 Å². The lowest BCUT2D eigenvalue weighted by atomic mass is 10.1. The van der Waals surface area contributed by atoms with E-state index in [9.17, 15) is 10.1 Å². The van der Waals surface area contributed by atoms with E-state index in [1.54, 1.807) is 6.07 Å². The van der Waals surface area contributed by atoms with Gasteiger partial charge in [-0.1, -0.05) is 18.3 Å². The first-order valence-electron chi connectivity index (χ1n) is 5.47. The molecule has 2 rings (SSSR count). The minimum atomic E-state index is -0.364. The van der Waals surface area contributed by atoms with Gasteiger partial charge in [0.05, 0.1) is 9.62 Å². The molecule has 0 amide bonds. The number of nitrogens with zero attached hydrogens (tertiary/aromatic N) is 2. The molecule has 0 aliphatic carbocycles. The Kier molecular flexibility index (Phi) is 3.23. The number of nitro groups is 1. The second kappa shape index (κ2) is 4.67. The van der Waals surface area contributed by atoms with Crippen LogP contribution in [0.1, 0.15) is 19.4 Å². The molecule has 0 spiro atoms. The number of hydrogen-bond acceptors (Lipinski definition) is 5. The van der Waals surface area contributed by atoms with Gasteiger partial charge in [-0.15, -0.1) is 0 Å². The van der Waals surface area contributed by atoms with Crippen molar-refractivity contribution in [3.8, 4) is 0 Å². The Hall–Kier alpha value is -1.69. The van der Waals surface area contributed by atoms with Gasteiger partial charge in [-0.2, -0.15) is 0 Å². The van der Waals surface area contributed by atoms with Crippen LogP contribution < -0.4 is 5.32 Å². The molecule has 0 unspecified atom stereocenters. The Bertz CT molecular complexity index is 565. The summed E-state index contributed by atoms with van der Waals surface area (Å²) in [6, 6.07) is 3.58. The van der Waals surface area contributed by atoms with Crippen LogP contribution in [0, 0.1) is 10.1 Å². The van der Waals surface area contributed by atoms with Gasteiger partial charge in [-0.05, 0) is 25.0 Å². The molecule has 2 aromatic rings. The Morgan fingerprint density at radius 1 is 1.47 bits per heavy atom. The first kappa shape index (κ1) is 11.8. The number of benzene rings is 1. The molecule has 1 aromatic heterocycles. The van der Waals surface area contributed by atoms with Crippen LogP contribution in [0.15, 0.2) is 12.1 Å². The largest absolute Gasteiger partial charge is 0.362 e. The molecule has 17 heavy (non-hydrogen) atoms. The van der Waals surface area contributed by atoms with Crippen molar-refractivity contribution < 1.29 is 4.92 Å². The van der Waals surface area contributed by atoms with Crippen LogP contribution in [0.5, 0.6) is 0 Å². The van der Waals surface area contributed by atoms with Crippen LogP contribution >= 0.6 is 11.3 Å². The SMILES string of the molecule is CCNc1nc2c([N+](=O)[O-])cc(CC)cc2s1. The highest BCUT2D eigenvalue weighted by Gasteiger charge is 2.17. The number of fused-ring (bicyclic) bond motifs is 1. The summed E-state index contributed by atoms with van der Waals surface area (Å²) in [6.45, 7) is 4.71. The molecule has 1 N–H and O–H groups in total. The molecular formula is C11H13N3O2S. The summed E-state index contributed by atoms with van der Waals surface area (Å²) in [5, 5.41) is 14.8. The van der Waals surface area contributed by atoms with E-state index < -0.39 is 0 Å². The van der Waals surface area contributed by atoms with E-state index in [0.717, 1.165) is 28.4 Å². The van der Waals surface area contributed by atoms with Gasteiger partial charge in [0.1, 0.15) is 0 Å². The fourth-order valence-corrected chi connectivity index (χ4v) is 2.66. The van der Waals surface area contributed by atoms with Crippen LogP contribution in [-0.4, -0.2) is 16.5 Å². The highest BCUT2D eigenvalue weighted by molar-refractivity contribution is 7.22. The summed E-state index contributed by atoms with van der Waals surface area (Å²) in [5.41, 5.74) is 1.55. The Balaban J connectivity index is 2.64. The maximum absolute atomic E-state index is 11.0. The molecule has 0 fully saturated rings. The van der Waals surface area contributed by atoms with E-state index in [4.69, 9.17) is 0 Å². The maximum Gasteiger partial charge on any atom is 0.296 e. The number of aryl methyl sites for hydroxylation is 1. The summed E-state index contributed by atoms with van der Waals surface area (Å²) in [4.78, 5) is 14.9. The molecule has 0 aliphatic rings. The lowest BCUT2D eigenvalue weighted by Gasteiger charge is -1.97. The molecule has 0 radical (unpaired) electrons. The smallest absolute Gasteiger partial charge is 0.296 e. The van der Waals surface area contributed by atoms with Crippen molar-refractivity contribution in [2.75, 3.05) is 11.9 Å². The molecule has 5 nitrogen and oxygen atoms in total. The lowest BCUT2D eigenvalue weighted by molar-refractivity contribution is -0.383. The van der Waals surface area contributed by atoms with E-state index in [0.29, 0.717) is 5.52 Å². The summed E-state index contributed by atoms with van der Waals surface area (Å²) in [6.07, 6.45) is 0.783. The summed E-state index contributed by atoms with van der Waals surface area (Å²) >= 11 is 1.46. The zero-order valence-corrected chi connectivity index (χ0v) is 10.5. The average molecular weight is 251 g/mol. The van der Waals surface area contributed by atoms with Gasteiger partial charge in [0.25, 0.3) is 5.69 Å². The zero-order chi connectivity index (χ0) is 12.4. The van der Waals surface area contributed by atoms with Crippen molar-refractivity contribution in [3.63, 3.8) is 0 Å². The standard InChI is InChI=1S/C11H13N3O2S/c1-3-7-5-8(14(15)16)10-9(6-7)17-11(13-10)12-4-2/h5-6H,3-4H2,1-2H3,(H,12,13). The number of non-ortho nitro benzene ring substituents is 1. The molecule has 6 heteroatoms. The highest BCUT2D eigenvalue weighted by atomic mass is 32.1. The maximum atomic E-state index is 11.0. The van der Waals surface area contributed by atoms with Crippen molar-refractivity contribution in [2.45, 2.75) is 20.3 Å².